The van der Waals surface area contributed by atoms with Crippen molar-refractivity contribution in [1.82, 2.24) is 0 Å². The van der Waals surface area contributed by atoms with Crippen LogP contribution in [-0.4, -0.2) is 16.2 Å². The maximum Gasteiger partial charge on any atom is 0.371 e. The summed E-state index contributed by atoms with van der Waals surface area (Å²) in [5.41, 5.74) is 0.208. The van der Waals surface area contributed by atoms with Crippen LogP contribution in [0.15, 0.2) is 28.7 Å². The summed E-state index contributed by atoms with van der Waals surface area (Å²) in [4.78, 5) is 10.5. The van der Waals surface area contributed by atoms with Gasteiger partial charge in [-0.3, -0.25) is 0 Å². The zero-order valence-corrected chi connectivity index (χ0v) is 6.52. The zero-order chi connectivity index (χ0) is 9.42. The summed E-state index contributed by atoms with van der Waals surface area (Å²) in [5, 5.41) is 18.5. The predicted molar refractivity (Wildman–Crippen MR) is 44.8 cm³/mol. The van der Waals surface area contributed by atoms with E-state index in [-0.39, 0.29) is 17.1 Å². The largest absolute Gasteiger partial charge is 0.504 e. The minimum Gasteiger partial charge on any atom is -0.504 e. The zero-order valence-electron chi connectivity index (χ0n) is 6.52. The fourth-order valence-corrected chi connectivity index (χ4v) is 1.15. The van der Waals surface area contributed by atoms with E-state index in [9.17, 15) is 9.90 Å². The van der Waals surface area contributed by atoms with Crippen molar-refractivity contribution in [3.8, 4) is 5.75 Å². The Bertz CT molecular complexity index is 469. The summed E-state index contributed by atoms with van der Waals surface area (Å²) in [5.74, 6) is -1.36. The molecule has 4 heteroatoms. The highest BCUT2D eigenvalue weighted by Crippen LogP contribution is 2.27. The van der Waals surface area contributed by atoms with Crippen molar-refractivity contribution in [1.29, 1.82) is 0 Å². The van der Waals surface area contributed by atoms with Gasteiger partial charge in [0.15, 0.2) is 11.3 Å². The predicted octanol–water partition coefficient (Wildman–Crippen LogP) is 1.84. The summed E-state index contributed by atoms with van der Waals surface area (Å²) in [7, 11) is 0. The van der Waals surface area contributed by atoms with Crippen molar-refractivity contribution in [3.63, 3.8) is 0 Å². The highest BCUT2D eigenvalue weighted by Gasteiger charge is 2.11. The second kappa shape index (κ2) is 2.52. The van der Waals surface area contributed by atoms with E-state index in [4.69, 9.17) is 9.52 Å². The summed E-state index contributed by atoms with van der Waals surface area (Å²) in [6.45, 7) is 0. The van der Waals surface area contributed by atoms with Crippen LogP contribution in [0.4, 0.5) is 0 Å². The van der Waals surface area contributed by atoms with E-state index in [1.807, 2.05) is 0 Å². The number of carboxylic acids is 1. The number of benzene rings is 1. The molecule has 0 aliphatic carbocycles. The molecule has 13 heavy (non-hydrogen) atoms. The number of fused-ring (bicyclic) bond motifs is 1. The Morgan fingerprint density at radius 1 is 1.38 bits per heavy atom. The fourth-order valence-electron chi connectivity index (χ4n) is 1.15. The van der Waals surface area contributed by atoms with Gasteiger partial charge >= 0.3 is 5.97 Å². The van der Waals surface area contributed by atoms with Gasteiger partial charge in [-0.15, -0.1) is 0 Å². The van der Waals surface area contributed by atoms with E-state index in [0.717, 1.165) is 0 Å². The monoisotopic (exact) mass is 178 g/mol. The maximum atomic E-state index is 10.5. The lowest BCUT2D eigenvalue weighted by Gasteiger charge is -1.90. The summed E-state index contributed by atoms with van der Waals surface area (Å²) < 4.78 is 4.91. The van der Waals surface area contributed by atoms with E-state index in [1.165, 1.54) is 12.1 Å². The molecule has 0 radical (unpaired) electrons. The van der Waals surface area contributed by atoms with Gasteiger partial charge in [-0.25, -0.2) is 4.79 Å². The van der Waals surface area contributed by atoms with Crippen LogP contribution in [-0.2, 0) is 0 Å². The van der Waals surface area contributed by atoms with Crippen LogP contribution in [0, 0.1) is 0 Å². The molecule has 0 atom stereocenters. The standard InChI is InChI=1S/C9H6O4/c10-6-3-1-2-5-4-7(9(11)12)13-8(5)6/h1-4,10H,(H,11,12). The number of phenols is 1. The maximum absolute atomic E-state index is 10.5. The molecular formula is C9H6O4. The van der Waals surface area contributed by atoms with E-state index in [0.29, 0.717) is 5.39 Å². The third-order valence-corrected chi connectivity index (χ3v) is 1.73. The molecule has 1 aromatic carbocycles. The second-order valence-corrected chi connectivity index (χ2v) is 2.61. The first-order valence-electron chi connectivity index (χ1n) is 3.63. The molecule has 4 nitrogen and oxygen atoms in total. The fraction of sp³-hybridized carbons (Fsp3) is 0. The Balaban J connectivity index is 2.75. The minimum atomic E-state index is -1.14. The van der Waals surface area contributed by atoms with Crippen molar-refractivity contribution in [2.45, 2.75) is 0 Å². The van der Waals surface area contributed by atoms with E-state index >= 15 is 0 Å². The van der Waals surface area contributed by atoms with Gasteiger partial charge in [-0.1, -0.05) is 12.1 Å². The molecule has 0 aliphatic rings. The number of carbonyl (C=O) groups is 1. The number of furan rings is 1. The Kier molecular flexibility index (Phi) is 1.48. The molecule has 1 aromatic heterocycles. The number of hydrogen-bond acceptors (Lipinski definition) is 3. The quantitative estimate of drug-likeness (QED) is 0.698. The normalized spacial score (nSPS) is 10.5. The van der Waals surface area contributed by atoms with Crippen molar-refractivity contribution >= 4 is 16.9 Å². The molecular weight excluding hydrogens is 172 g/mol. The van der Waals surface area contributed by atoms with Crippen LogP contribution < -0.4 is 0 Å². The van der Waals surface area contributed by atoms with Crippen molar-refractivity contribution < 1.29 is 19.4 Å². The van der Waals surface area contributed by atoms with E-state index in [1.54, 1.807) is 12.1 Å². The average Bonchev–Trinajstić information content (AvgIpc) is 2.49. The number of carboxylic acid groups (broad SMARTS) is 1. The molecule has 0 saturated carbocycles. The summed E-state index contributed by atoms with van der Waals surface area (Å²) in [6.07, 6.45) is 0. The molecule has 1 heterocycles. The van der Waals surface area contributed by atoms with Crippen molar-refractivity contribution in [3.05, 3.63) is 30.0 Å². The van der Waals surface area contributed by atoms with Crippen molar-refractivity contribution in [2.75, 3.05) is 0 Å². The van der Waals surface area contributed by atoms with Gasteiger partial charge in [-0.2, -0.15) is 0 Å². The highest BCUT2D eigenvalue weighted by molar-refractivity contribution is 5.93. The van der Waals surface area contributed by atoms with E-state index in [2.05, 4.69) is 0 Å². The highest BCUT2D eigenvalue weighted by atomic mass is 16.4. The lowest BCUT2D eigenvalue weighted by Crippen LogP contribution is -1.91. The lowest BCUT2D eigenvalue weighted by molar-refractivity contribution is 0.0665. The van der Waals surface area contributed by atoms with Crippen LogP contribution in [0.5, 0.6) is 5.75 Å². The van der Waals surface area contributed by atoms with Gasteiger partial charge in [0.1, 0.15) is 0 Å². The average molecular weight is 178 g/mol. The molecule has 2 N–H and O–H groups in total. The van der Waals surface area contributed by atoms with Crippen LogP contribution in [0.1, 0.15) is 10.6 Å². The van der Waals surface area contributed by atoms with Gasteiger partial charge in [-0.05, 0) is 12.1 Å². The number of aromatic hydroxyl groups is 1. The number of hydrogen-bond donors (Lipinski definition) is 2. The molecule has 2 aromatic rings. The molecule has 0 amide bonds. The first-order chi connectivity index (χ1) is 6.18. The van der Waals surface area contributed by atoms with Gasteiger partial charge in [0.2, 0.25) is 5.76 Å². The van der Waals surface area contributed by atoms with Crippen molar-refractivity contribution in [2.24, 2.45) is 0 Å². The van der Waals surface area contributed by atoms with Gasteiger partial charge in [0.05, 0.1) is 0 Å². The second-order valence-electron chi connectivity index (χ2n) is 2.61. The number of phenolic OH excluding ortho intramolecular Hbond substituents is 1. The molecule has 0 spiro atoms. The van der Waals surface area contributed by atoms with Gasteiger partial charge in [0, 0.05) is 5.39 Å². The molecule has 66 valence electrons. The minimum absolute atomic E-state index is 0.0509. The van der Waals surface area contributed by atoms with Crippen LogP contribution in [0.2, 0.25) is 0 Å². The third kappa shape index (κ3) is 1.12. The number of para-hydroxylation sites is 1. The summed E-state index contributed by atoms with van der Waals surface area (Å²) >= 11 is 0. The first kappa shape index (κ1) is 7.67. The SMILES string of the molecule is O=C(O)c1cc2cccc(O)c2o1. The van der Waals surface area contributed by atoms with E-state index < -0.39 is 5.97 Å². The smallest absolute Gasteiger partial charge is 0.371 e. The van der Waals surface area contributed by atoms with Crippen LogP contribution >= 0.6 is 0 Å². The first-order valence-corrected chi connectivity index (χ1v) is 3.63. The number of rotatable bonds is 1. The summed E-state index contributed by atoms with van der Waals surface area (Å²) in [6, 6.07) is 6.11. The van der Waals surface area contributed by atoms with Crippen LogP contribution in [0.3, 0.4) is 0 Å². The molecule has 2 rings (SSSR count). The molecule has 0 aliphatic heterocycles. The topological polar surface area (TPSA) is 70.7 Å². The third-order valence-electron chi connectivity index (χ3n) is 1.73. The van der Waals surface area contributed by atoms with Gasteiger partial charge in [0.25, 0.3) is 0 Å². The Morgan fingerprint density at radius 2 is 2.15 bits per heavy atom. The lowest BCUT2D eigenvalue weighted by atomic mass is 10.2. The molecule has 0 bridgehead atoms. The molecule has 0 saturated heterocycles. The Labute approximate surface area is 73.0 Å². The number of aromatic carboxylic acids is 1. The molecule has 0 fully saturated rings. The Morgan fingerprint density at radius 3 is 2.77 bits per heavy atom. The Hall–Kier alpha value is -1.97. The van der Waals surface area contributed by atoms with Crippen LogP contribution in [0.25, 0.3) is 11.0 Å². The van der Waals surface area contributed by atoms with Gasteiger partial charge < -0.3 is 14.6 Å². The molecule has 0 unspecified atom stereocenters.